The molecule has 1 rings (SSSR count). The lowest BCUT2D eigenvalue weighted by atomic mass is 10.2. The quantitative estimate of drug-likeness (QED) is 0.879. The number of hydrogen-bond acceptors (Lipinski definition) is 4. The van der Waals surface area contributed by atoms with Gasteiger partial charge in [-0.25, -0.2) is 12.8 Å². The molecule has 0 heterocycles. The van der Waals surface area contributed by atoms with Gasteiger partial charge in [-0.05, 0) is 25.1 Å². The van der Waals surface area contributed by atoms with Crippen LogP contribution >= 0.6 is 0 Å². The SMILES string of the molecule is CC(C#N)S(=O)(=O)Nc1ccc(F)cc1C#N. The Labute approximate surface area is 98.2 Å². The van der Waals surface area contributed by atoms with E-state index in [2.05, 4.69) is 4.72 Å². The zero-order chi connectivity index (χ0) is 13.1. The summed E-state index contributed by atoms with van der Waals surface area (Å²) in [5.74, 6) is -0.641. The van der Waals surface area contributed by atoms with Crippen LogP contribution in [0.25, 0.3) is 0 Å². The number of benzene rings is 1. The van der Waals surface area contributed by atoms with Gasteiger partial charge in [0, 0.05) is 0 Å². The van der Waals surface area contributed by atoms with Crippen molar-refractivity contribution in [2.45, 2.75) is 12.2 Å². The summed E-state index contributed by atoms with van der Waals surface area (Å²) in [6, 6.07) is 6.30. The summed E-state index contributed by atoms with van der Waals surface area (Å²) in [5, 5.41) is 16.0. The number of nitrogens with one attached hydrogen (secondary N) is 1. The van der Waals surface area contributed by atoms with E-state index in [0.29, 0.717) is 0 Å². The first-order chi connectivity index (χ1) is 7.90. The highest BCUT2D eigenvalue weighted by Crippen LogP contribution is 2.18. The Morgan fingerprint density at radius 2 is 2.06 bits per heavy atom. The lowest BCUT2D eigenvalue weighted by Gasteiger charge is -2.10. The smallest absolute Gasteiger partial charge is 0.248 e. The van der Waals surface area contributed by atoms with E-state index in [1.165, 1.54) is 6.92 Å². The van der Waals surface area contributed by atoms with Crippen LogP contribution in [0.4, 0.5) is 10.1 Å². The first-order valence-electron chi connectivity index (χ1n) is 4.51. The van der Waals surface area contributed by atoms with Gasteiger partial charge in [-0.3, -0.25) is 4.72 Å². The summed E-state index contributed by atoms with van der Waals surface area (Å²) in [7, 11) is -3.89. The topological polar surface area (TPSA) is 93.8 Å². The van der Waals surface area contributed by atoms with Crippen LogP contribution < -0.4 is 4.72 Å². The molecule has 0 aliphatic heterocycles. The fourth-order valence-electron chi connectivity index (χ4n) is 1.01. The molecule has 1 unspecified atom stereocenters. The molecular formula is C10H8FN3O2S. The largest absolute Gasteiger partial charge is 0.281 e. The molecule has 1 aromatic carbocycles. The van der Waals surface area contributed by atoms with Crippen molar-refractivity contribution in [3.8, 4) is 12.1 Å². The third kappa shape index (κ3) is 2.92. The average Bonchev–Trinajstić information content (AvgIpc) is 2.30. The predicted octanol–water partition coefficient (Wildman–Crippen LogP) is 1.35. The summed E-state index contributed by atoms with van der Waals surface area (Å²) in [4.78, 5) is 0. The van der Waals surface area contributed by atoms with Crippen molar-refractivity contribution in [1.29, 1.82) is 10.5 Å². The Balaban J connectivity index is 3.14. The normalized spacial score (nSPS) is 12.2. The van der Waals surface area contributed by atoms with Gasteiger partial charge in [0.25, 0.3) is 0 Å². The molecule has 17 heavy (non-hydrogen) atoms. The Morgan fingerprint density at radius 1 is 1.41 bits per heavy atom. The second-order valence-electron chi connectivity index (χ2n) is 3.22. The molecule has 0 aliphatic rings. The average molecular weight is 253 g/mol. The second-order valence-corrected chi connectivity index (χ2v) is 5.22. The van der Waals surface area contributed by atoms with E-state index in [-0.39, 0.29) is 11.3 Å². The molecule has 0 fully saturated rings. The van der Waals surface area contributed by atoms with Crippen molar-refractivity contribution in [3.05, 3.63) is 29.6 Å². The molecule has 0 aliphatic carbocycles. The van der Waals surface area contributed by atoms with Crippen LogP contribution in [0.3, 0.4) is 0 Å². The monoisotopic (exact) mass is 253 g/mol. The van der Waals surface area contributed by atoms with E-state index in [4.69, 9.17) is 10.5 Å². The van der Waals surface area contributed by atoms with E-state index < -0.39 is 21.1 Å². The first-order valence-corrected chi connectivity index (χ1v) is 6.06. The summed E-state index contributed by atoms with van der Waals surface area (Å²) >= 11 is 0. The van der Waals surface area contributed by atoms with Crippen LogP contribution in [0.2, 0.25) is 0 Å². The van der Waals surface area contributed by atoms with Crippen molar-refractivity contribution in [1.82, 2.24) is 0 Å². The summed E-state index contributed by atoms with van der Waals surface area (Å²) in [6.07, 6.45) is 0. The molecule has 88 valence electrons. The minimum Gasteiger partial charge on any atom is -0.281 e. The predicted molar refractivity (Wildman–Crippen MR) is 58.7 cm³/mol. The van der Waals surface area contributed by atoms with Crippen LogP contribution in [-0.4, -0.2) is 13.7 Å². The summed E-state index contributed by atoms with van der Waals surface area (Å²) in [5.41, 5.74) is -0.185. The number of nitriles is 2. The summed E-state index contributed by atoms with van der Waals surface area (Å²) in [6.45, 7) is 1.21. The van der Waals surface area contributed by atoms with E-state index in [1.807, 2.05) is 0 Å². The molecule has 1 N–H and O–H groups in total. The standard InChI is InChI=1S/C10H8FN3O2S/c1-7(5-12)17(15,16)14-10-3-2-9(11)4-8(10)6-13/h2-4,7,14H,1H3. The molecule has 1 aromatic rings. The molecule has 0 saturated carbocycles. The fourth-order valence-corrected chi connectivity index (χ4v) is 1.81. The Morgan fingerprint density at radius 3 is 2.59 bits per heavy atom. The van der Waals surface area contributed by atoms with E-state index in [0.717, 1.165) is 18.2 Å². The minimum absolute atomic E-state index is 0.0454. The highest BCUT2D eigenvalue weighted by atomic mass is 32.2. The van der Waals surface area contributed by atoms with Crippen molar-refractivity contribution < 1.29 is 12.8 Å². The molecule has 1 atom stereocenters. The lowest BCUT2D eigenvalue weighted by molar-refractivity contribution is 0.597. The van der Waals surface area contributed by atoms with E-state index >= 15 is 0 Å². The Bertz CT molecular complexity index is 613. The molecule has 0 spiro atoms. The van der Waals surface area contributed by atoms with Crippen molar-refractivity contribution in [2.75, 3.05) is 4.72 Å². The Hall–Kier alpha value is -2.12. The van der Waals surface area contributed by atoms with E-state index in [1.54, 1.807) is 12.1 Å². The van der Waals surface area contributed by atoms with Crippen molar-refractivity contribution in [3.63, 3.8) is 0 Å². The highest BCUT2D eigenvalue weighted by Gasteiger charge is 2.21. The van der Waals surface area contributed by atoms with Gasteiger partial charge >= 0.3 is 0 Å². The molecule has 0 bridgehead atoms. The Kier molecular flexibility index (Phi) is 3.66. The summed E-state index contributed by atoms with van der Waals surface area (Å²) < 4.78 is 38.0. The van der Waals surface area contributed by atoms with Crippen LogP contribution in [0.5, 0.6) is 0 Å². The molecule has 0 aromatic heterocycles. The van der Waals surface area contributed by atoms with Gasteiger partial charge in [-0.2, -0.15) is 10.5 Å². The molecule has 0 amide bonds. The van der Waals surface area contributed by atoms with Crippen LogP contribution in [0.1, 0.15) is 12.5 Å². The molecule has 5 nitrogen and oxygen atoms in total. The number of nitrogens with zero attached hydrogens (tertiary/aromatic N) is 2. The van der Waals surface area contributed by atoms with Gasteiger partial charge in [0.1, 0.15) is 11.9 Å². The van der Waals surface area contributed by atoms with Gasteiger partial charge in [0.15, 0.2) is 5.25 Å². The molecular weight excluding hydrogens is 245 g/mol. The number of halogens is 1. The van der Waals surface area contributed by atoms with Crippen molar-refractivity contribution in [2.24, 2.45) is 0 Å². The van der Waals surface area contributed by atoms with Gasteiger partial charge in [-0.15, -0.1) is 0 Å². The van der Waals surface area contributed by atoms with Crippen molar-refractivity contribution >= 4 is 15.7 Å². The number of rotatable bonds is 3. The number of anilines is 1. The van der Waals surface area contributed by atoms with Gasteiger partial charge in [0.05, 0.1) is 17.3 Å². The zero-order valence-corrected chi connectivity index (χ0v) is 9.62. The first kappa shape index (κ1) is 12.9. The molecule has 0 saturated heterocycles. The van der Waals surface area contributed by atoms with Gasteiger partial charge in [-0.1, -0.05) is 0 Å². The maximum Gasteiger partial charge on any atom is 0.248 e. The molecule has 7 heteroatoms. The van der Waals surface area contributed by atoms with Crippen LogP contribution in [0.15, 0.2) is 18.2 Å². The van der Waals surface area contributed by atoms with Crippen LogP contribution in [-0.2, 0) is 10.0 Å². The zero-order valence-electron chi connectivity index (χ0n) is 8.81. The number of hydrogen-bond donors (Lipinski definition) is 1. The maximum absolute atomic E-state index is 12.8. The fraction of sp³-hybridized carbons (Fsp3) is 0.200. The van der Waals surface area contributed by atoms with E-state index in [9.17, 15) is 12.8 Å². The second kappa shape index (κ2) is 4.81. The maximum atomic E-state index is 12.8. The minimum atomic E-state index is -3.89. The third-order valence-electron chi connectivity index (χ3n) is 2.00. The van der Waals surface area contributed by atoms with Crippen LogP contribution in [0, 0.1) is 28.5 Å². The lowest BCUT2D eigenvalue weighted by Crippen LogP contribution is -2.24. The molecule has 0 radical (unpaired) electrons. The third-order valence-corrected chi connectivity index (χ3v) is 3.54. The highest BCUT2D eigenvalue weighted by molar-refractivity contribution is 7.93. The van der Waals surface area contributed by atoms with Gasteiger partial charge in [0.2, 0.25) is 10.0 Å². The number of sulfonamides is 1. The van der Waals surface area contributed by atoms with Gasteiger partial charge < -0.3 is 0 Å².